The molecule has 0 saturated carbocycles. The Morgan fingerprint density at radius 2 is 1.76 bits per heavy atom. The maximum Gasteiger partial charge on any atom is 0.222 e. The van der Waals surface area contributed by atoms with E-state index < -0.39 is 0 Å². The monoisotopic (exact) mass is 367 g/mol. The van der Waals surface area contributed by atoms with Gasteiger partial charge in [0.15, 0.2) is 0 Å². The first kappa shape index (κ1) is 21.5. The van der Waals surface area contributed by atoms with Crippen LogP contribution in [-0.2, 0) is 9.59 Å². The zero-order valence-electron chi connectivity index (χ0n) is 15.2. The molecule has 1 aromatic carbocycles. The highest BCUT2D eigenvalue weighted by molar-refractivity contribution is 5.85. The van der Waals surface area contributed by atoms with E-state index in [1.165, 1.54) is 5.56 Å². The van der Waals surface area contributed by atoms with Crippen molar-refractivity contribution < 1.29 is 9.59 Å². The van der Waals surface area contributed by atoms with E-state index in [2.05, 4.69) is 12.1 Å². The number of benzene rings is 1. The molecule has 6 heteroatoms. The van der Waals surface area contributed by atoms with Gasteiger partial charge < -0.3 is 15.5 Å². The number of hydrogen-bond donors (Lipinski definition) is 1. The van der Waals surface area contributed by atoms with Crippen LogP contribution in [0, 0.1) is 0 Å². The van der Waals surface area contributed by atoms with Crippen LogP contribution < -0.4 is 5.73 Å². The van der Waals surface area contributed by atoms with Gasteiger partial charge in [-0.1, -0.05) is 30.3 Å². The number of rotatable bonds is 7. The van der Waals surface area contributed by atoms with Gasteiger partial charge in [0.25, 0.3) is 0 Å². The van der Waals surface area contributed by atoms with Gasteiger partial charge in [-0.25, -0.2) is 0 Å². The Morgan fingerprint density at radius 3 is 2.36 bits per heavy atom. The maximum atomic E-state index is 12.4. The van der Waals surface area contributed by atoms with Gasteiger partial charge in [0.1, 0.15) is 0 Å². The second kappa shape index (κ2) is 10.4. The zero-order chi connectivity index (χ0) is 17.5. The summed E-state index contributed by atoms with van der Waals surface area (Å²) >= 11 is 0. The van der Waals surface area contributed by atoms with Crippen LogP contribution in [-0.4, -0.2) is 53.8 Å². The Morgan fingerprint density at radius 1 is 1.12 bits per heavy atom. The molecule has 1 aromatic rings. The van der Waals surface area contributed by atoms with E-state index in [0.29, 0.717) is 32.4 Å². The van der Waals surface area contributed by atoms with Crippen molar-refractivity contribution in [1.29, 1.82) is 0 Å². The van der Waals surface area contributed by atoms with Crippen LogP contribution in [0.2, 0.25) is 0 Å². The SMILES string of the molecule is CCN(CC)C(=O)CCCC(=O)N1C[C@@H](N)[C@H](c2ccccc2)C1.Cl. The molecule has 2 N–H and O–H groups in total. The van der Waals surface area contributed by atoms with Gasteiger partial charge in [-0.2, -0.15) is 0 Å². The van der Waals surface area contributed by atoms with Crippen molar-refractivity contribution in [1.82, 2.24) is 9.80 Å². The van der Waals surface area contributed by atoms with Crippen molar-refractivity contribution in [2.75, 3.05) is 26.2 Å². The fourth-order valence-corrected chi connectivity index (χ4v) is 3.37. The molecule has 0 unspecified atom stereocenters. The molecule has 0 spiro atoms. The quantitative estimate of drug-likeness (QED) is 0.804. The third-order valence-electron chi connectivity index (χ3n) is 4.84. The highest BCUT2D eigenvalue weighted by Gasteiger charge is 2.33. The summed E-state index contributed by atoms with van der Waals surface area (Å²) in [5, 5.41) is 0. The standard InChI is InChI=1S/C19H29N3O2.ClH/c1-3-21(4-2)18(23)11-8-12-19(24)22-13-16(17(20)14-22)15-9-6-5-7-10-15;/h5-7,9-10,16-17H,3-4,8,11-14,20H2,1-2H3;1H/t16-,17+;/m0./s1. The van der Waals surface area contributed by atoms with Crippen LogP contribution in [0.1, 0.15) is 44.6 Å². The van der Waals surface area contributed by atoms with Crippen molar-refractivity contribution >= 4 is 24.2 Å². The molecule has 2 amide bonds. The zero-order valence-corrected chi connectivity index (χ0v) is 16.0. The number of hydrogen-bond acceptors (Lipinski definition) is 3. The van der Waals surface area contributed by atoms with Gasteiger partial charge in [0.05, 0.1) is 0 Å². The summed E-state index contributed by atoms with van der Waals surface area (Å²) in [6.45, 7) is 6.67. The van der Waals surface area contributed by atoms with Crippen molar-refractivity contribution in [3.8, 4) is 0 Å². The lowest BCUT2D eigenvalue weighted by Gasteiger charge is -2.19. The van der Waals surface area contributed by atoms with Crippen LogP contribution >= 0.6 is 12.4 Å². The lowest BCUT2D eigenvalue weighted by Crippen LogP contribution is -2.33. The lowest BCUT2D eigenvalue weighted by molar-refractivity contribution is -0.132. The van der Waals surface area contributed by atoms with E-state index >= 15 is 0 Å². The van der Waals surface area contributed by atoms with Gasteiger partial charge in [-0.05, 0) is 25.8 Å². The molecule has 0 bridgehead atoms. The van der Waals surface area contributed by atoms with Gasteiger partial charge in [-0.3, -0.25) is 9.59 Å². The molecular formula is C19H30ClN3O2. The first-order chi connectivity index (χ1) is 11.6. The minimum Gasteiger partial charge on any atom is -0.343 e. The number of nitrogens with two attached hydrogens (primary N) is 1. The van der Waals surface area contributed by atoms with Gasteiger partial charge in [0, 0.05) is 51.0 Å². The molecule has 0 radical (unpaired) electrons. The summed E-state index contributed by atoms with van der Waals surface area (Å²) < 4.78 is 0. The van der Waals surface area contributed by atoms with Crippen molar-refractivity contribution in [3.05, 3.63) is 35.9 Å². The molecule has 2 atom stereocenters. The lowest BCUT2D eigenvalue weighted by atomic mass is 9.95. The fourth-order valence-electron chi connectivity index (χ4n) is 3.37. The normalized spacial score (nSPS) is 19.4. The van der Waals surface area contributed by atoms with Gasteiger partial charge in [-0.15, -0.1) is 12.4 Å². The molecule has 1 aliphatic rings. The Kier molecular flexibility index (Phi) is 8.93. The van der Waals surface area contributed by atoms with Crippen LogP contribution in [0.3, 0.4) is 0 Å². The molecule has 1 saturated heterocycles. The Labute approximate surface area is 157 Å². The summed E-state index contributed by atoms with van der Waals surface area (Å²) in [6, 6.07) is 10.1. The second-order valence-corrected chi connectivity index (χ2v) is 6.40. The van der Waals surface area contributed by atoms with Crippen LogP contribution in [0.4, 0.5) is 0 Å². The predicted molar refractivity (Wildman–Crippen MR) is 103 cm³/mol. The van der Waals surface area contributed by atoms with Crippen LogP contribution in [0.5, 0.6) is 0 Å². The maximum absolute atomic E-state index is 12.4. The highest BCUT2D eigenvalue weighted by Crippen LogP contribution is 2.26. The second-order valence-electron chi connectivity index (χ2n) is 6.40. The number of carbonyl (C=O) groups is 2. The largest absolute Gasteiger partial charge is 0.343 e. The molecule has 2 rings (SSSR count). The molecule has 1 fully saturated rings. The Bertz CT molecular complexity index is 549. The molecule has 25 heavy (non-hydrogen) atoms. The summed E-state index contributed by atoms with van der Waals surface area (Å²) in [6.07, 6.45) is 1.46. The average molecular weight is 368 g/mol. The van der Waals surface area contributed by atoms with Crippen LogP contribution in [0.25, 0.3) is 0 Å². The topological polar surface area (TPSA) is 66.6 Å². The first-order valence-electron chi connectivity index (χ1n) is 8.92. The van der Waals surface area contributed by atoms with E-state index in [-0.39, 0.29) is 36.2 Å². The molecular weight excluding hydrogens is 338 g/mol. The van der Waals surface area contributed by atoms with E-state index in [1.54, 1.807) is 0 Å². The van der Waals surface area contributed by atoms with E-state index in [9.17, 15) is 9.59 Å². The van der Waals surface area contributed by atoms with Gasteiger partial charge in [0.2, 0.25) is 11.8 Å². The highest BCUT2D eigenvalue weighted by atomic mass is 35.5. The molecule has 0 aromatic heterocycles. The van der Waals surface area contributed by atoms with E-state index in [0.717, 1.165) is 13.1 Å². The van der Waals surface area contributed by atoms with Gasteiger partial charge >= 0.3 is 0 Å². The number of amides is 2. The van der Waals surface area contributed by atoms with E-state index in [4.69, 9.17) is 5.73 Å². The first-order valence-corrected chi connectivity index (χ1v) is 8.92. The summed E-state index contributed by atoms with van der Waals surface area (Å²) in [7, 11) is 0. The summed E-state index contributed by atoms with van der Waals surface area (Å²) in [5.41, 5.74) is 7.43. The Balaban J connectivity index is 0.00000312. The third-order valence-corrected chi connectivity index (χ3v) is 4.84. The summed E-state index contributed by atoms with van der Waals surface area (Å²) in [5.74, 6) is 0.441. The Hall–Kier alpha value is -1.59. The smallest absolute Gasteiger partial charge is 0.222 e. The van der Waals surface area contributed by atoms with Crippen LogP contribution in [0.15, 0.2) is 30.3 Å². The van der Waals surface area contributed by atoms with E-state index in [1.807, 2.05) is 41.8 Å². The minimum absolute atomic E-state index is 0. The molecule has 1 heterocycles. The van der Waals surface area contributed by atoms with Crippen molar-refractivity contribution in [2.45, 2.75) is 45.1 Å². The fraction of sp³-hybridized carbons (Fsp3) is 0.579. The molecule has 5 nitrogen and oxygen atoms in total. The number of carbonyl (C=O) groups excluding carboxylic acids is 2. The molecule has 1 aliphatic heterocycles. The van der Waals surface area contributed by atoms with Crippen molar-refractivity contribution in [3.63, 3.8) is 0 Å². The third kappa shape index (κ3) is 5.72. The average Bonchev–Trinajstić information content (AvgIpc) is 2.98. The predicted octanol–water partition coefficient (Wildman–Crippen LogP) is 2.40. The van der Waals surface area contributed by atoms with Crippen molar-refractivity contribution in [2.24, 2.45) is 5.73 Å². The number of likely N-dealkylation sites (tertiary alicyclic amines) is 1. The molecule has 0 aliphatic carbocycles. The molecule has 140 valence electrons. The summed E-state index contributed by atoms with van der Waals surface area (Å²) in [4.78, 5) is 28.0. The number of halogens is 1. The minimum atomic E-state index is -0.0198. The number of nitrogens with zero attached hydrogens (tertiary/aromatic N) is 2.